The lowest BCUT2D eigenvalue weighted by molar-refractivity contribution is 0.0160. The van der Waals surface area contributed by atoms with E-state index >= 15 is 0 Å². The summed E-state index contributed by atoms with van der Waals surface area (Å²) in [6.07, 6.45) is 1.36. The number of likely N-dealkylation sites (tertiary alicyclic amines) is 1. The molecule has 1 amide bonds. The van der Waals surface area contributed by atoms with Crippen molar-refractivity contribution in [2.45, 2.75) is 6.10 Å². The first-order valence-electron chi connectivity index (χ1n) is 7.61. The normalized spacial score (nSPS) is 13.5. The lowest BCUT2D eigenvalue weighted by Crippen LogP contribution is -2.56. The largest absolute Gasteiger partial charge is 0.471 e. The van der Waals surface area contributed by atoms with Crippen molar-refractivity contribution in [1.82, 2.24) is 9.88 Å². The van der Waals surface area contributed by atoms with Gasteiger partial charge in [0, 0.05) is 17.8 Å². The topological polar surface area (TPSA) is 92.5 Å². The Kier molecular flexibility index (Phi) is 4.61. The average Bonchev–Trinajstić information content (AvgIpc) is 2.63. The number of hydrogen-bond acceptors (Lipinski definition) is 6. The molecule has 2 aromatic rings. The smallest absolute Gasteiger partial charge is 0.337 e. The molecular formula is C18H15N3O4. The number of nitriles is 1. The number of carbonyl (C=O) groups excluding carboxylic acids is 2. The summed E-state index contributed by atoms with van der Waals surface area (Å²) in [5, 5.41) is 8.86. The molecule has 1 saturated heterocycles. The Morgan fingerprint density at radius 1 is 1.20 bits per heavy atom. The SMILES string of the molecule is COC(=O)c1ccc(C(=O)N2CC(Oc3cc(C#N)ccn3)C2)cc1. The van der Waals surface area contributed by atoms with Gasteiger partial charge < -0.3 is 14.4 Å². The molecular weight excluding hydrogens is 322 g/mol. The second kappa shape index (κ2) is 7.01. The molecule has 0 atom stereocenters. The summed E-state index contributed by atoms with van der Waals surface area (Å²) in [4.78, 5) is 29.5. The van der Waals surface area contributed by atoms with Gasteiger partial charge in [-0.15, -0.1) is 0 Å². The zero-order valence-corrected chi connectivity index (χ0v) is 13.5. The molecule has 1 aliphatic rings. The highest BCUT2D eigenvalue weighted by Gasteiger charge is 2.33. The number of nitrogens with zero attached hydrogens (tertiary/aromatic N) is 3. The van der Waals surface area contributed by atoms with Crippen molar-refractivity contribution in [2.24, 2.45) is 0 Å². The van der Waals surface area contributed by atoms with Gasteiger partial charge in [-0.25, -0.2) is 9.78 Å². The molecule has 3 rings (SSSR count). The van der Waals surface area contributed by atoms with Gasteiger partial charge in [0.05, 0.1) is 37.4 Å². The fourth-order valence-corrected chi connectivity index (χ4v) is 2.44. The maximum Gasteiger partial charge on any atom is 0.337 e. The van der Waals surface area contributed by atoms with Crippen molar-refractivity contribution in [3.05, 3.63) is 59.3 Å². The predicted octanol–water partition coefficient (Wildman–Crippen LogP) is 1.64. The molecule has 0 saturated carbocycles. The number of ether oxygens (including phenoxy) is 2. The van der Waals surface area contributed by atoms with E-state index < -0.39 is 5.97 Å². The van der Waals surface area contributed by atoms with Gasteiger partial charge in [0.1, 0.15) is 6.10 Å². The van der Waals surface area contributed by atoms with Gasteiger partial charge in [-0.05, 0) is 30.3 Å². The summed E-state index contributed by atoms with van der Waals surface area (Å²) < 4.78 is 10.3. The first kappa shape index (κ1) is 16.5. The number of methoxy groups -OCH3 is 1. The Balaban J connectivity index is 1.56. The molecule has 1 aromatic heterocycles. The molecule has 25 heavy (non-hydrogen) atoms. The molecule has 2 heterocycles. The number of aromatic nitrogens is 1. The van der Waals surface area contributed by atoms with E-state index in [4.69, 9.17) is 10.00 Å². The minimum absolute atomic E-state index is 0.130. The van der Waals surface area contributed by atoms with Gasteiger partial charge in [-0.1, -0.05) is 0 Å². The summed E-state index contributed by atoms with van der Waals surface area (Å²) in [6.45, 7) is 0.881. The van der Waals surface area contributed by atoms with E-state index in [2.05, 4.69) is 9.72 Å². The number of carbonyl (C=O) groups is 2. The summed E-state index contributed by atoms with van der Waals surface area (Å²) in [5.74, 6) is -0.197. The van der Waals surface area contributed by atoms with Crippen LogP contribution in [0.3, 0.4) is 0 Å². The third kappa shape index (κ3) is 3.58. The quantitative estimate of drug-likeness (QED) is 0.788. The number of rotatable bonds is 4. The fraction of sp³-hybridized carbons (Fsp3) is 0.222. The number of hydrogen-bond donors (Lipinski definition) is 0. The van der Waals surface area contributed by atoms with Gasteiger partial charge in [0.2, 0.25) is 5.88 Å². The summed E-state index contributed by atoms with van der Waals surface area (Å²) in [6, 6.07) is 11.5. The Hall–Kier alpha value is -3.40. The highest BCUT2D eigenvalue weighted by Crippen LogP contribution is 2.19. The molecule has 7 heteroatoms. The molecule has 0 unspecified atom stereocenters. The fourth-order valence-electron chi connectivity index (χ4n) is 2.44. The monoisotopic (exact) mass is 337 g/mol. The van der Waals surface area contributed by atoms with Crippen LogP contribution >= 0.6 is 0 Å². The predicted molar refractivity (Wildman–Crippen MR) is 87.1 cm³/mol. The maximum atomic E-state index is 12.4. The first-order chi connectivity index (χ1) is 12.1. The van der Waals surface area contributed by atoms with E-state index in [1.165, 1.54) is 13.3 Å². The minimum Gasteiger partial charge on any atom is -0.471 e. The first-order valence-corrected chi connectivity index (χ1v) is 7.61. The average molecular weight is 337 g/mol. The van der Waals surface area contributed by atoms with E-state index in [0.717, 1.165) is 0 Å². The molecule has 7 nitrogen and oxygen atoms in total. The molecule has 0 bridgehead atoms. The van der Waals surface area contributed by atoms with Crippen LogP contribution in [0, 0.1) is 11.3 Å². The number of pyridine rings is 1. The Bertz CT molecular complexity index is 836. The van der Waals surface area contributed by atoms with Crippen molar-refractivity contribution in [3.63, 3.8) is 0 Å². The van der Waals surface area contributed by atoms with E-state index in [0.29, 0.717) is 35.7 Å². The highest BCUT2D eigenvalue weighted by atomic mass is 16.5. The summed E-state index contributed by atoms with van der Waals surface area (Å²) in [7, 11) is 1.31. The Morgan fingerprint density at radius 2 is 1.88 bits per heavy atom. The van der Waals surface area contributed by atoms with Gasteiger partial charge in [-0.2, -0.15) is 5.26 Å². The Morgan fingerprint density at radius 3 is 2.52 bits per heavy atom. The van der Waals surface area contributed by atoms with Crippen LogP contribution in [-0.2, 0) is 4.74 Å². The van der Waals surface area contributed by atoms with E-state index in [1.807, 2.05) is 6.07 Å². The third-order valence-electron chi connectivity index (χ3n) is 3.84. The number of esters is 1. The van der Waals surface area contributed by atoms with Crippen LogP contribution in [0.5, 0.6) is 5.88 Å². The van der Waals surface area contributed by atoms with Gasteiger partial charge in [-0.3, -0.25) is 4.79 Å². The number of amides is 1. The second-order valence-corrected chi connectivity index (χ2v) is 5.51. The van der Waals surface area contributed by atoms with Crippen molar-refractivity contribution >= 4 is 11.9 Å². The van der Waals surface area contributed by atoms with Crippen LogP contribution in [0.4, 0.5) is 0 Å². The summed E-state index contributed by atoms with van der Waals surface area (Å²) >= 11 is 0. The van der Waals surface area contributed by atoms with Crippen LogP contribution < -0.4 is 4.74 Å². The van der Waals surface area contributed by atoms with Crippen molar-refractivity contribution < 1.29 is 19.1 Å². The van der Waals surface area contributed by atoms with E-state index in [1.54, 1.807) is 41.3 Å². The van der Waals surface area contributed by atoms with Crippen molar-refractivity contribution in [3.8, 4) is 11.9 Å². The third-order valence-corrected chi connectivity index (χ3v) is 3.84. The highest BCUT2D eigenvalue weighted by molar-refractivity contribution is 5.96. The zero-order chi connectivity index (χ0) is 17.8. The standard InChI is InChI=1S/C18H15N3O4/c1-24-18(23)14-4-2-13(3-5-14)17(22)21-10-15(11-21)25-16-8-12(9-19)6-7-20-16/h2-8,15H,10-11H2,1H3. The Labute approximate surface area is 144 Å². The molecule has 0 aliphatic carbocycles. The van der Waals surface area contributed by atoms with Crippen LogP contribution in [-0.4, -0.2) is 48.1 Å². The van der Waals surface area contributed by atoms with Gasteiger partial charge >= 0.3 is 5.97 Å². The number of benzene rings is 1. The molecule has 126 valence electrons. The lowest BCUT2D eigenvalue weighted by Gasteiger charge is -2.38. The van der Waals surface area contributed by atoms with Crippen LogP contribution in [0.2, 0.25) is 0 Å². The molecule has 0 radical (unpaired) electrons. The van der Waals surface area contributed by atoms with Crippen LogP contribution in [0.15, 0.2) is 42.6 Å². The zero-order valence-electron chi connectivity index (χ0n) is 13.5. The van der Waals surface area contributed by atoms with Crippen LogP contribution in [0.25, 0.3) is 0 Å². The van der Waals surface area contributed by atoms with Crippen molar-refractivity contribution in [2.75, 3.05) is 20.2 Å². The molecule has 1 aliphatic heterocycles. The van der Waals surface area contributed by atoms with E-state index in [-0.39, 0.29) is 12.0 Å². The molecule has 1 fully saturated rings. The minimum atomic E-state index is -0.441. The summed E-state index contributed by atoms with van der Waals surface area (Å²) in [5.41, 5.74) is 1.37. The van der Waals surface area contributed by atoms with Crippen molar-refractivity contribution in [1.29, 1.82) is 5.26 Å². The lowest BCUT2D eigenvalue weighted by atomic mass is 10.1. The van der Waals surface area contributed by atoms with Gasteiger partial charge in [0.25, 0.3) is 5.91 Å². The second-order valence-electron chi connectivity index (χ2n) is 5.51. The van der Waals surface area contributed by atoms with Gasteiger partial charge in [0.15, 0.2) is 0 Å². The molecule has 0 spiro atoms. The van der Waals surface area contributed by atoms with Crippen LogP contribution in [0.1, 0.15) is 26.3 Å². The maximum absolute atomic E-state index is 12.4. The van der Waals surface area contributed by atoms with E-state index in [9.17, 15) is 9.59 Å². The molecule has 0 N–H and O–H groups in total. The molecule has 1 aromatic carbocycles.